The molecule has 0 aliphatic heterocycles. The smallest absolute Gasteiger partial charge is 0.244 e. The zero-order valence-corrected chi connectivity index (χ0v) is 12.8. The average molecular weight is 322 g/mol. The molecule has 0 saturated heterocycles. The van der Waals surface area contributed by atoms with Crippen LogP contribution in [0.25, 0.3) is 6.08 Å². The van der Waals surface area contributed by atoms with E-state index in [0.29, 0.717) is 6.54 Å². The number of imidazole rings is 1. The van der Waals surface area contributed by atoms with Gasteiger partial charge >= 0.3 is 0 Å². The van der Waals surface area contributed by atoms with Crippen molar-refractivity contribution in [2.24, 2.45) is 0 Å². The SMILES string of the molecule is C=Cc1ccc(C[n+]2ccn(CC(O)CS(=O)(=O)[O-])c2)cc1. The number of nitrogens with zero attached hydrogens (tertiary/aromatic N) is 2. The van der Waals surface area contributed by atoms with E-state index in [1.54, 1.807) is 23.2 Å². The predicted molar refractivity (Wildman–Crippen MR) is 80.8 cm³/mol. The second kappa shape index (κ2) is 6.87. The molecule has 6 nitrogen and oxygen atoms in total. The lowest BCUT2D eigenvalue weighted by Gasteiger charge is -2.10. The van der Waals surface area contributed by atoms with Crippen molar-refractivity contribution in [2.45, 2.75) is 19.2 Å². The number of aliphatic hydroxyl groups excluding tert-OH is 1. The van der Waals surface area contributed by atoms with Gasteiger partial charge in [0.2, 0.25) is 6.33 Å². The maximum atomic E-state index is 10.6. The monoisotopic (exact) mass is 322 g/mol. The van der Waals surface area contributed by atoms with Gasteiger partial charge < -0.3 is 9.66 Å². The first-order valence-electron chi connectivity index (χ1n) is 6.73. The molecule has 0 radical (unpaired) electrons. The molecule has 1 unspecified atom stereocenters. The summed E-state index contributed by atoms with van der Waals surface area (Å²) in [4.78, 5) is 0. The van der Waals surface area contributed by atoms with Gasteiger partial charge in [-0.2, -0.15) is 0 Å². The quantitative estimate of drug-likeness (QED) is 0.589. The number of hydrogen-bond donors (Lipinski definition) is 1. The molecule has 118 valence electrons. The third-order valence-electron chi connectivity index (χ3n) is 3.14. The molecule has 2 rings (SSSR count). The van der Waals surface area contributed by atoms with Gasteiger partial charge in [-0.25, -0.2) is 17.6 Å². The van der Waals surface area contributed by atoms with Crippen molar-refractivity contribution < 1.29 is 22.6 Å². The molecule has 1 heterocycles. The molecule has 0 saturated carbocycles. The fourth-order valence-corrected chi connectivity index (χ4v) is 2.72. The Morgan fingerprint density at radius 1 is 1.36 bits per heavy atom. The van der Waals surface area contributed by atoms with E-state index in [1.807, 2.05) is 35.0 Å². The van der Waals surface area contributed by atoms with E-state index in [0.717, 1.165) is 11.1 Å². The van der Waals surface area contributed by atoms with Gasteiger partial charge in [-0.3, -0.25) is 0 Å². The van der Waals surface area contributed by atoms with Crippen LogP contribution >= 0.6 is 0 Å². The van der Waals surface area contributed by atoms with Crippen LogP contribution in [-0.4, -0.2) is 34.5 Å². The molecule has 1 atom stereocenters. The summed E-state index contributed by atoms with van der Waals surface area (Å²) < 4.78 is 35.3. The summed E-state index contributed by atoms with van der Waals surface area (Å²) in [5, 5.41) is 9.58. The maximum Gasteiger partial charge on any atom is 0.244 e. The molecule has 7 heteroatoms. The van der Waals surface area contributed by atoms with Gasteiger partial charge in [0.1, 0.15) is 31.6 Å². The molecule has 0 aliphatic rings. The van der Waals surface area contributed by atoms with Gasteiger partial charge in [-0.05, 0) is 11.1 Å². The molecule has 1 aromatic heterocycles. The van der Waals surface area contributed by atoms with Gasteiger partial charge in [0, 0.05) is 0 Å². The molecule has 2 aromatic rings. The lowest BCUT2D eigenvalue weighted by atomic mass is 10.1. The molecular weight excluding hydrogens is 304 g/mol. The highest BCUT2D eigenvalue weighted by atomic mass is 32.2. The number of aliphatic hydroxyl groups is 1. The number of aromatic nitrogens is 2. The summed E-state index contributed by atoms with van der Waals surface area (Å²) >= 11 is 0. The fourth-order valence-electron chi connectivity index (χ4n) is 2.14. The number of benzene rings is 1. The van der Waals surface area contributed by atoms with Gasteiger partial charge in [-0.1, -0.05) is 36.9 Å². The van der Waals surface area contributed by atoms with Crippen molar-refractivity contribution in [2.75, 3.05) is 5.75 Å². The normalized spacial score (nSPS) is 13.0. The van der Waals surface area contributed by atoms with E-state index >= 15 is 0 Å². The third-order valence-corrected chi connectivity index (χ3v) is 3.94. The summed E-state index contributed by atoms with van der Waals surface area (Å²) in [7, 11) is -4.42. The number of rotatable bonds is 7. The van der Waals surface area contributed by atoms with E-state index in [2.05, 4.69) is 6.58 Å². The molecule has 0 fully saturated rings. The van der Waals surface area contributed by atoms with Crippen molar-refractivity contribution >= 4 is 16.2 Å². The van der Waals surface area contributed by atoms with Gasteiger partial charge in [-0.15, -0.1) is 0 Å². The lowest BCUT2D eigenvalue weighted by Crippen LogP contribution is -2.32. The van der Waals surface area contributed by atoms with Crippen LogP contribution in [-0.2, 0) is 23.2 Å². The van der Waals surface area contributed by atoms with Gasteiger partial charge in [0.15, 0.2) is 0 Å². The van der Waals surface area contributed by atoms with Crippen LogP contribution in [0.3, 0.4) is 0 Å². The van der Waals surface area contributed by atoms with E-state index in [4.69, 9.17) is 0 Å². The summed E-state index contributed by atoms with van der Waals surface area (Å²) in [5.41, 5.74) is 2.16. The minimum absolute atomic E-state index is 0.0594. The first-order valence-corrected chi connectivity index (χ1v) is 8.31. The Labute approximate surface area is 129 Å². The molecule has 0 amide bonds. The maximum absolute atomic E-state index is 10.6. The van der Waals surface area contributed by atoms with Crippen molar-refractivity contribution in [1.82, 2.24) is 4.57 Å². The zero-order chi connectivity index (χ0) is 16.2. The highest BCUT2D eigenvalue weighted by Crippen LogP contribution is 2.05. The van der Waals surface area contributed by atoms with E-state index < -0.39 is 22.0 Å². The Morgan fingerprint density at radius 2 is 2.05 bits per heavy atom. The van der Waals surface area contributed by atoms with Crippen LogP contribution in [0.1, 0.15) is 11.1 Å². The molecule has 0 bridgehead atoms. The first kappa shape index (κ1) is 16.4. The Balaban J connectivity index is 1.97. The zero-order valence-electron chi connectivity index (χ0n) is 12.0. The minimum atomic E-state index is -4.42. The predicted octanol–water partition coefficient (Wildman–Crippen LogP) is 0.373. The van der Waals surface area contributed by atoms with Crippen LogP contribution in [0.2, 0.25) is 0 Å². The largest absolute Gasteiger partial charge is 0.748 e. The highest BCUT2D eigenvalue weighted by molar-refractivity contribution is 7.85. The van der Waals surface area contributed by atoms with Crippen molar-refractivity contribution in [3.63, 3.8) is 0 Å². The van der Waals surface area contributed by atoms with Crippen LogP contribution in [0, 0.1) is 0 Å². The minimum Gasteiger partial charge on any atom is -0.748 e. The van der Waals surface area contributed by atoms with Crippen LogP contribution in [0.15, 0.2) is 49.6 Å². The summed E-state index contributed by atoms with van der Waals surface area (Å²) in [6.45, 7) is 4.42. The Kier molecular flexibility index (Phi) is 5.12. The summed E-state index contributed by atoms with van der Waals surface area (Å²) in [6, 6.07) is 7.95. The Hall–Kier alpha value is -1.96. The van der Waals surface area contributed by atoms with Crippen LogP contribution in [0.4, 0.5) is 0 Å². The standard InChI is InChI=1S/C15H18N2O4S/c1-2-13-3-5-14(6-4-13)9-16-7-8-17(12-16)10-15(18)11-22(19,20)21/h2-8,12,15,18H,1,9-11H2. The van der Waals surface area contributed by atoms with E-state index in [-0.39, 0.29) is 6.54 Å². The molecule has 0 aliphatic carbocycles. The highest BCUT2D eigenvalue weighted by Gasteiger charge is 2.13. The Bertz CT molecular complexity index is 735. The first-order chi connectivity index (χ1) is 10.4. The topological polar surface area (TPSA) is 86.2 Å². The summed E-state index contributed by atoms with van der Waals surface area (Å²) in [5.74, 6) is -0.784. The molecule has 1 aromatic carbocycles. The van der Waals surface area contributed by atoms with Crippen molar-refractivity contribution in [1.29, 1.82) is 0 Å². The molecule has 1 N–H and O–H groups in total. The molecule has 22 heavy (non-hydrogen) atoms. The molecule has 0 spiro atoms. The number of hydrogen-bond acceptors (Lipinski definition) is 4. The molecular formula is C15H18N2O4S. The van der Waals surface area contributed by atoms with Gasteiger partial charge in [0.25, 0.3) is 0 Å². The lowest BCUT2D eigenvalue weighted by molar-refractivity contribution is -0.687. The Morgan fingerprint density at radius 3 is 2.64 bits per heavy atom. The average Bonchev–Trinajstić information content (AvgIpc) is 2.84. The second-order valence-corrected chi connectivity index (χ2v) is 6.56. The second-order valence-electron chi connectivity index (χ2n) is 5.11. The van der Waals surface area contributed by atoms with Crippen LogP contribution < -0.4 is 4.57 Å². The van der Waals surface area contributed by atoms with E-state index in [9.17, 15) is 18.1 Å². The van der Waals surface area contributed by atoms with Crippen LogP contribution in [0.5, 0.6) is 0 Å². The summed E-state index contributed by atoms with van der Waals surface area (Å²) in [6.07, 6.45) is 5.86. The van der Waals surface area contributed by atoms with Gasteiger partial charge in [0.05, 0.1) is 15.9 Å². The third kappa shape index (κ3) is 5.10. The fraction of sp³-hybridized carbons (Fsp3) is 0.267. The van der Waals surface area contributed by atoms with Crippen molar-refractivity contribution in [3.8, 4) is 0 Å². The van der Waals surface area contributed by atoms with Crippen molar-refractivity contribution in [3.05, 3.63) is 60.7 Å². The van der Waals surface area contributed by atoms with E-state index in [1.165, 1.54) is 0 Å².